The molecule has 1 unspecified atom stereocenters. The summed E-state index contributed by atoms with van der Waals surface area (Å²) in [6.07, 6.45) is 0.774. The molecule has 0 bridgehead atoms. The Kier molecular flexibility index (Phi) is 4.59. The van der Waals surface area contributed by atoms with Crippen LogP contribution in [-0.4, -0.2) is 23.9 Å². The Bertz CT molecular complexity index is 500. The van der Waals surface area contributed by atoms with E-state index in [1.54, 1.807) is 6.07 Å². The summed E-state index contributed by atoms with van der Waals surface area (Å²) in [6, 6.07) is 4.69. The second-order valence-electron chi connectivity index (χ2n) is 6.81. The first kappa shape index (κ1) is 16.2. The lowest BCUT2D eigenvalue weighted by atomic mass is 9.97. The van der Waals surface area contributed by atoms with Crippen molar-refractivity contribution in [1.82, 2.24) is 5.32 Å². The SMILES string of the molecule is CCNCc1cc(F)ccc1OC1CC(C)(C)OC1(C)C. The Labute approximate surface area is 126 Å². The molecule has 0 spiro atoms. The van der Waals surface area contributed by atoms with E-state index < -0.39 is 0 Å². The van der Waals surface area contributed by atoms with Crippen LogP contribution in [0.5, 0.6) is 5.75 Å². The van der Waals surface area contributed by atoms with Gasteiger partial charge in [0.05, 0.1) is 5.60 Å². The van der Waals surface area contributed by atoms with E-state index in [0.717, 1.165) is 24.3 Å². The molecule has 0 aliphatic carbocycles. The summed E-state index contributed by atoms with van der Waals surface area (Å²) in [7, 11) is 0. The van der Waals surface area contributed by atoms with E-state index in [2.05, 4.69) is 19.2 Å². The third kappa shape index (κ3) is 3.95. The molecule has 1 N–H and O–H groups in total. The van der Waals surface area contributed by atoms with Crippen LogP contribution in [0.4, 0.5) is 4.39 Å². The third-order valence-electron chi connectivity index (χ3n) is 3.85. The molecule has 1 aromatic carbocycles. The maximum Gasteiger partial charge on any atom is 0.130 e. The van der Waals surface area contributed by atoms with Gasteiger partial charge in [0.1, 0.15) is 23.3 Å². The zero-order valence-electron chi connectivity index (χ0n) is 13.6. The number of rotatable bonds is 5. The van der Waals surface area contributed by atoms with Crippen molar-refractivity contribution < 1.29 is 13.9 Å². The van der Waals surface area contributed by atoms with Gasteiger partial charge in [0.15, 0.2) is 0 Å². The van der Waals surface area contributed by atoms with Crippen molar-refractivity contribution in [2.24, 2.45) is 0 Å². The lowest BCUT2D eigenvalue weighted by Crippen LogP contribution is -2.37. The van der Waals surface area contributed by atoms with Crippen molar-refractivity contribution >= 4 is 0 Å². The summed E-state index contributed by atoms with van der Waals surface area (Å²) >= 11 is 0. The van der Waals surface area contributed by atoms with Crippen LogP contribution in [0.1, 0.15) is 46.6 Å². The van der Waals surface area contributed by atoms with Gasteiger partial charge in [-0.25, -0.2) is 4.39 Å². The quantitative estimate of drug-likeness (QED) is 0.899. The van der Waals surface area contributed by atoms with Crippen molar-refractivity contribution in [2.45, 2.75) is 64.9 Å². The molecule has 0 amide bonds. The van der Waals surface area contributed by atoms with Gasteiger partial charge in [-0.15, -0.1) is 0 Å². The largest absolute Gasteiger partial charge is 0.487 e. The van der Waals surface area contributed by atoms with Crippen LogP contribution in [-0.2, 0) is 11.3 Å². The summed E-state index contributed by atoms with van der Waals surface area (Å²) in [5.41, 5.74) is 0.293. The first-order valence-electron chi connectivity index (χ1n) is 7.59. The minimum atomic E-state index is -0.354. The molecule has 1 atom stereocenters. The van der Waals surface area contributed by atoms with Gasteiger partial charge in [-0.1, -0.05) is 6.92 Å². The van der Waals surface area contributed by atoms with Crippen molar-refractivity contribution in [3.63, 3.8) is 0 Å². The fourth-order valence-corrected chi connectivity index (χ4v) is 2.91. The third-order valence-corrected chi connectivity index (χ3v) is 3.85. The predicted octanol–water partition coefficient (Wildman–Crippen LogP) is 3.66. The van der Waals surface area contributed by atoms with E-state index in [1.807, 2.05) is 20.8 Å². The number of ether oxygens (including phenoxy) is 2. The summed E-state index contributed by atoms with van der Waals surface area (Å²) in [5, 5.41) is 3.22. The van der Waals surface area contributed by atoms with Crippen LogP contribution in [0, 0.1) is 5.82 Å². The second kappa shape index (κ2) is 5.93. The molecule has 21 heavy (non-hydrogen) atoms. The Morgan fingerprint density at radius 2 is 2.05 bits per heavy atom. The first-order valence-corrected chi connectivity index (χ1v) is 7.59. The summed E-state index contributed by atoms with van der Waals surface area (Å²) in [6.45, 7) is 11.7. The predicted molar refractivity (Wildman–Crippen MR) is 82.1 cm³/mol. The lowest BCUT2D eigenvalue weighted by molar-refractivity contribution is -0.0846. The number of hydrogen-bond donors (Lipinski definition) is 1. The molecule has 2 rings (SSSR count). The Morgan fingerprint density at radius 3 is 2.62 bits per heavy atom. The standard InChI is InChI=1S/C17H26FNO2/c1-6-19-11-12-9-13(18)7-8-14(12)20-15-10-16(2,3)21-17(15,4)5/h7-9,15,19H,6,10-11H2,1-5H3. The topological polar surface area (TPSA) is 30.5 Å². The fourth-order valence-electron chi connectivity index (χ4n) is 2.91. The van der Waals surface area contributed by atoms with Crippen LogP contribution >= 0.6 is 0 Å². The van der Waals surface area contributed by atoms with Crippen LogP contribution in [0.25, 0.3) is 0 Å². The average molecular weight is 295 g/mol. The highest BCUT2D eigenvalue weighted by atomic mass is 19.1. The minimum absolute atomic E-state index is 0.0432. The molecule has 118 valence electrons. The van der Waals surface area contributed by atoms with Gasteiger partial charge in [-0.05, 0) is 52.4 Å². The van der Waals surface area contributed by atoms with E-state index in [4.69, 9.17) is 9.47 Å². The molecule has 1 aromatic rings. The number of halogens is 1. The molecule has 0 saturated carbocycles. The van der Waals surface area contributed by atoms with E-state index in [0.29, 0.717) is 6.54 Å². The van der Waals surface area contributed by atoms with Crippen LogP contribution in [0.2, 0.25) is 0 Å². The summed E-state index contributed by atoms with van der Waals surface area (Å²) < 4.78 is 25.7. The highest BCUT2D eigenvalue weighted by Gasteiger charge is 2.47. The van der Waals surface area contributed by atoms with Crippen molar-refractivity contribution in [2.75, 3.05) is 6.54 Å². The maximum atomic E-state index is 13.5. The zero-order chi connectivity index (χ0) is 15.7. The van der Waals surface area contributed by atoms with E-state index in [-0.39, 0.29) is 23.1 Å². The fraction of sp³-hybridized carbons (Fsp3) is 0.647. The van der Waals surface area contributed by atoms with Gasteiger partial charge < -0.3 is 14.8 Å². The molecule has 1 aliphatic rings. The number of benzene rings is 1. The summed E-state index contributed by atoms with van der Waals surface area (Å²) in [4.78, 5) is 0. The van der Waals surface area contributed by atoms with Crippen LogP contribution in [0.15, 0.2) is 18.2 Å². The molecule has 1 fully saturated rings. The van der Waals surface area contributed by atoms with Gasteiger partial charge in [-0.2, -0.15) is 0 Å². The number of nitrogens with one attached hydrogen (secondary N) is 1. The van der Waals surface area contributed by atoms with Crippen LogP contribution < -0.4 is 10.1 Å². The summed E-state index contributed by atoms with van der Waals surface area (Å²) in [5.74, 6) is 0.495. The zero-order valence-corrected chi connectivity index (χ0v) is 13.6. The van der Waals surface area contributed by atoms with Crippen molar-refractivity contribution in [1.29, 1.82) is 0 Å². The molecular formula is C17H26FNO2. The molecule has 1 saturated heterocycles. The van der Waals surface area contributed by atoms with Gasteiger partial charge in [0.2, 0.25) is 0 Å². The smallest absolute Gasteiger partial charge is 0.130 e. The second-order valence-corrected chi connectivity index (χ2v) is 6.81. The normalized spacial score (nSPS) is 23.2. The van der Waals surface area contributed by atoms with Crippen molar-refractivity contribution in [3.8, 4) is 5.75 Å². The Morgan fingerprint density at radius 1 is 1.33 bits per heavy atom. The van der Waals surface area contributed by atoms with Gasteiger partial charge in [-0.3, -0.25) is 0 Å². The van der Waals surface area contributed by atoms with Gasteiger partial charge in [0.25, 0.3) is 0 Å². The molecule has 0 aromatic heterocycles. The maximum absolute atomic E-state index is 13.5. The lowest BCUT2D eigenvalue weighted by Gasteiger charge is -2.28. The molecule has 3 nitrogen and oxygen atoms in total. The Balaban J connectivity index is 2.19. The average Bonchev–Trinajstić information content (AvgIpc) is 2.57. The monoisotopic (exact) mass is 295 g/mol. The molecule has 0 radical (unpaired) electrons. The number of hydrogen-bond acceptors (Lipinski definition) is 3. The van der Waals surface area contributed by atoms with Crippen LogP contribution in [0.3, 0.4) is 0 Å². The van der Waals surface area contributed by atoms with E-state index >= 15 is 0 Å². The first-order chi connectivity index (χ1) is 9.73. The minimum Gasteiger partial charge on any atom is -0.487 e. The highest BCUT2D eigenvalue weighted by Crippen LogP contribution is 2.40. The van der Waals surface area contributed by atoms with E-state index in [1.165, 1.54) is 12.1 Å². The van der Waals surface area contributed by atoms with Gasteiger partial charge >= 0.3 is 0 Å². The molecule has 4 heteroatoms. The Hall–Kier alpha value is -1.13. The molecule has 1 aliphatic heterocycles. The highest BCUT2D eigenvalue weighted by molar-refractivity contribution is 5.34. The van der Waals surface area contributed by atoms with Crippen molar-refractivity contribution in [3.05, 3.63) is 29.6 Å². The van der Waals surface area contributed by atoms with E-state index in [9.17, 15) is 4.39 Å². The van der Waals surface area contributed by atoms with Gasteiger partial charge in [0, 0.05) is 18.5 Å². The molecule has 1 heterocycles. The molecular weight excluding hydrogens is 269 g/mol.